The zero-order valence-corrected chi connectivity index (χ0v) is 45.6. The van der Waals surface area contributed by atoms with Crippen molar-refractivity contribution in [2.24, 2.45) is 0 Å². The SMILES string of the molecule is CC(C)c1cccnn1.CC(C)c1ccncn1.CC(C)c1ccnnc1.CC(C)c1ccnnc1.CC(C)c1cnccn1.CC(C)c1cnccn1.CC(C)c1cncnc1.CC(C)c1ncccn1. The molecule has 0 atom stereocenters. The molecule has 0 bridgehead atoms. The van der Waals surface area contributed by atoms with E-state index in [1.165, 1.54) is 16.7 Å². The lowest BCUT2D eigenvalue weighted by atomic mass is 10.1. The smallest absolute Gasteiger partial charge is 0.130 e. The van der Waals surface area contributed by atoms with Crippen molar-refractivity contribution in [1.29, 1.82) is 0 Å². The van der Waals surface area contributed by atoms with Crippen LogP contribution in [0.1, 0.15) is 203 Å². The first-order valence-electron chi connectivity index (χ1n) is 24.5. The summed E-state index contributed by atoms with van der Waals surface area (Å²) in [4.78, 5) is 39.9. The number of hydrogen-bond donors (Lipinski definition) is 0. The van der Waals surface area contributed by atoms with E-state index in [9.17, 15) is 0 Å². The third kappa shape index (κ3) is 30.3. The van der Waals surface area contributed by atoms with Crippen molar-refractivity contribution < 1.29 is 0 Å². The number of aromatic nitrogens is 16. The Morgan fingerprint density at radius 2 is 0.750 bits per heavy atom. The zero-order valence-electron chi connectivity index (χ0n) is 45.6. The molecule has 0 fully saturated rings. The van der Waals surface area contributed by atoms with E-state index in [0.717, 1.165) is 28.6 Å². The summed E-state index contributed by atoms with van der Waals surface area (Å²) in [7, 11) is 0. The minimum Gasteiger partial charge on any atom is -0.261 e. The van der Waals surface area contributed by atoms with E-state index in [0.29, 0.717) is 47.3 Å². The summed E-state index contributed by atoms with van der Waals surface area (Å²) in [6.07, 6.45) is 31.2. The molecule has 16 nitrogen and oxygen atoms in total. The average Bonchev–Trinajstić information content (AvgIpc) is 3.42. The van der Waals surface area contributed by atoms with Crippen LogP contribution in [0.4, 0.5) is 0 Å². The molecular formula is C56H80N16. The van der Waals surface area contributed by atoms with E-state index in [-0.39, 0.29) is 0 Å². The van der Waals surface area contributed by atoms with Gasteiger partial charge in [0.05, 0.1) is 29.5 Å². The Morgan fingerprint density at radius 1 is 0.264 bits per heavy atom. The monoisotopic (exact) mass is 977 g/mol. The summed E-state index contributed by atoms with van der Waals surface area (Å²) in [5.74, 6) is 4.96. The lowest BCUT2D eigenvalue weighted by molar-refractivity contribution is 0.774. The molecule has 8 heterocycles. The summed E-state index contributed by atoms with van der Waals surface area (Å²) in [5, 5.41) is 22.6. The lowest BCUT2D eigenvalue weighted by Gasteiger charge is -2.00. The Labute approximate surface area is 430 Å². The molecule has 16 heteroatoms. The largest absolute Gasteiger partial charge is 0.261 e. The number of rotatable bonds is 8. The van der Waals surface area contributed by atoms with E-state index < -0.39 is 0 Å². The Hall–Kier alpha value is -7.36. The van der Waals surface area contributed by atoms with Crippen molar-refractivity contribution >= 4 is 0 Å². The number of nitrogens with zero attached hydrogens (tertiary/aromatic N) is 16. The van der Waals surface area contributed by atoms with Crippen LogP contribution in [-0.4, -0.2) is 80.4 Å². The first-order chi connectivity index (χ1) is 34.4. The van der Waals surface area contributed by atoms with Crippen LogP contribution < -0.4 is 0 Å². The third-order valence-corrected chi connectivity index (χ3v) is 9.63. The van der Waals surface area contributed by atoms with Crippen LogP contribution in [-0.2, 0) is 0 Å². The van der Waals surface area contributed by atoms with Crippen LogP contribution in [0.15, 0.2) is 148 Å². The van der Waals surface area contributed by atoms with Gasteiger partial charge in [-0.1, -0.05) is 111 Å². The van der Waals surface area contributed by atoms with Gasteiger partial charge >= 0.3 is 0 Å². The molecule has 0 saturated carbocycles. The van der Waals surface area contributed by atoms with Crippen molar-refractivity contribution in [3.05, 3.63) is 193 Å². The van der Waals surface area contributed by atoms with E-state index in [1.807, 2.05) is 48.8 Å². The molecule has 384 valence electrons. The predicted molar refractivity (Wildman–Crippen MR) is 289 cm³/mol. The molecule has 0 aliphatic carbocycles. The molecule has 8 aromatic rings. The molecule has 72 heavy (non-hydrogen) atoms. The second-order valence-electron chi connectivity index (χ2n) is 18.4. The standard InChI is InChI=1S/8C7H10N2/c1-6(2)7-3-8-5-9-4-7;2*1-6(2)7-5-8-3-4-9-7;1-6(2)7-3-4-8-5-9-7;2*1-6(2)7-3-4-8-9-5-7;1-6(2)7-8-4-3-5-9-7;1-6(2)7-4-3-5-8-9-7/h8*3-6H,1-2H3. The van der Waals surface area contributed by atoms with Crippen molar-refractivity contribution in [1.82, 2.24) is 80.4 Å². The topological polar surface area (TPSA) is 206 Å². The molecule has 0 radical (unpaired) electrons. The van der Waals surface area contributed by atoms with Crippen LogP contribution >= 0.6 is 0 Å². The minimum atomic E-state index is 0.436. The van der Waals surface area contributed by atoms with E-state index in [1.54, 1.807) is 99.4 Å². The summed E-state index contributed by atoms with van der Waals surface area (Å²) in [6.45, 7) is 33.8. The molecule has 0 aliphatic heterocycles. The van der Waals surface area contributed by atoms with Crippen molar-refractivity contribution in [3.8, 4) is 0 Å². The number of hydrogen-bond acceptors (Lipinski definition) is 16. The van der Waals surface area contributed by atoms with Crippen molar-refractivity contribution in [2.45, 2.75) is 158 Å². The summed E-state index contributed by atoms with van der Waals surface area (Å²) >= 11 is 0. The fourth-order valence-electron chi connectivity index (χ4n) is 4.98. The fourth-order valence-corrected chi connectivity index (χ4v) is 4.98. The first kappa shape index (κ1) is 62.7. The molecule has 0 N–H and O–H groups in total. The van der Waals surface area contributed by atoms with Crippen molar-refractivity contribution in [2.75, 3.05) is 0 Å². The van der Waals surface area contributed by atoms with Crippen LogP contribution in [0.5, 0.6) is 0 Å². The minimum absolute atomic E-state index is 0.436. The highest BCUT2D eigenvalue weighted by Crippen LogP contribution is 2.13. The van der Waals surface area contributed by atoms with Gasteiger partial charge in [-0.3, -0.25) is 19.9 Å². The normalized spacial score (nSPS) is 10.1. The zero-order chi connectivity index (χ0) is 53.5. The van der Waals surface area contributed by atoms with Gasteiger partial charge in [-0.05, 0) is 94.5 Å². The maximum atomic E-state index is 4.12. The van der Waals surface area contributed by atoms with Gasteiger partial charge in [0, 0.05) is 98.4 Å². The van der Waals surface area contributed by atoms with E-state index in [4.69, 9.17) is 0 Å². The van der Waals surface area contributed by atoms with Gasteiger partial charge in [-0.15, -0.1) is 0 Å². The molecule has 0 amide bonds. The third-order valence-electron chi connectivity index (χ3n) is 9.63. The Bertz CT molecular complexity index is 1880. The highest BCUT2D eigenvalue weighted by molar-refractivity contribution is 5.11. The Balaban J connectivity index is 0.000000411. The van der Waals surface area contributed by atoms with Crippen LogP contribution in [0, 0.1) is 0 Å². The average molecular weight is 977 g/mol. The van der Waals surface area contributed by atoms with E-state index >= 15 is 0 Å². The Kier molecular flexibility index (Phi) is 33.4. The molecule has 0 unspecified atom stereocenters. The highest BCUT2D eigenvalue weighted by Gasteiger charge is 2.01. The summed E-state index contributed by atoms with van der Waals surface area (Å²) in [6, 6.07) is 11.6. The van der Waals surface area contributed by atoms with Crippen LogP contribution in [0.2, 0.25) is 0 Å². The fraction of sp³-hybridized carbons (Fsp3) is 0.429. The molecule has 8 rings (SSSR count). The molecule has 0 aromatic carbocycles. The predicted octanol–water partition coefficient (Wildman–Crippen LogP) is 12.8. The second-order valence-corrected chi connectivity index (χ2v) is 18.4. The van der Waals surface area contributed by atoms with Gasteiger partial charge in [0.1, 0.15) is 18.5 Å². The summed E-state index contributed by atoms with van der Waals surface area (Å²) in [5.41, 5.74) is 7.94. The second kappa shape index (κ2) is 38.4. The maximum absolute atomic E-state index is 4.12. The van der Waals surface area contributed by atoms with Crippen molar-refractivity contribution in [3.63, 3.8) is 0 Å². The first-order valence-corrected chi connectivity index (χ1v) is 24.5. The summed E-state index contributed by atoms with van der Waals surface area (Å²) < 4.78 is 0. The lowest BCUT2D eigenvalue weighted by Crippen LogP contribution is -1.93. The van der Waals surface area contributed by atoms with Gasteiger partial charge in [0.25, 0.3) is 0 Å². The quantitative estimate of drug-likeness (QED) is 0.139. The molecule has 0 saturated heterocycles. The molecule has 0 spiro atoms. The maximum Gasteiger partial charge on any atom is 0.130 e. The van der Waals surface area contributed by atoms with E-state index in [2.05, 4.69) is 191 Å². The Morgan fingerprint density at radius 3 is 1.00 bits per heavy atom. The van der Waals surface area contributed by atoms with Gasteiger partial charge in [0.15, 0.2) is 0 Å². The molecular weight excluding hydrogens is 897 g/mol. The van der Waals surface area contributed by atoms with Crippen LogP contribution in [0.25, 0.3) is 0 Å². The molecule has 8 aromatic heterocycles. The highest BCUT2D eigenvalue weighted by atomic mass is 15.1. The van der Waals surface area contributed by atoms with Gasteiger partial charge in [0.2, 0.25) is 0 Å². The van der Waals surface area contributed by atoms with Gasteiger partial charge < -0.3 is 0 Å². The van der Waals surface area contributed by atoms with Crippen LogP contribution in [0.3, 0.4) is 0 Å². The van der Waals surface area contributed by atoms with Gasteiger partial charge in [-0.25, -0.2) is 29.9 Å². The van der Waals surface area contributed by atoms with Gasteiger partial charge in [-0.2, -0.15) is 30.6 Å². The molecule has 0 aliphatic rings.